The molecule has 5 rings (SSSR count). The summed E-state index contributed by atoms with van der Waals surface area (Å²) < 4.78 is 11.7. The van der Waals surface area contributed by atoms with Gasteiger partial charge in [0.2, 0.25) is 0 Å². The Bertz CT molecular complexity index is 894. The van der Waals surface area contributed by atoms with Crippen LogP contribution in [0.2, 0.25) is 0 Å². The number of carboxylic acid groups (broad SMARTS) is 1. The van der Waals surface area contributed by atoms with E-state index in [-0.39, 0.29) is 47.9 Å². The quantitative estimate of drug-likeness (QED) is 0.519. The summed E-state index contributed by atoms with van der Waals surface area (Å²) in [6.45, 7) is 4.24. The molecule has 1 aliphatic heterocycles. The van der Waals surface area contributed by atoms with Gasteiger partial charge in [0.15, 0.2) is 5.78 Å². The number of esters is 1. The van der Waals surface area contributed by atoms with E-state index in [0.29, 0.717) is 32.1 Å². The lowest BCUT2D eigenvalue weighted by molar-refractivity contribution is -0.163. The second-order valence-electron chi connectivity index (χ2n) is 10.9. The van der Waals surface area contributed by atoms with Crippen LogP contribution in [0.5, 0.6) is 0 Å². The number of ether oxygens (including phenoxy) is 2. The highest BCUT2D eigenvalue weighted by Gasteiger charge is 2.82. The van der Waals surface area contributed by atoms with Crippen LogP contribution in [-0.2, 0) is 23.9 Å². The molecule has 0 radical (unpaired) electrons. The lowest BCUT2D eigenvalue weighted by Gasteiger charge is -2.58. The molecule has 170 valence electrons. The van der Waals surface area contributed by atoms with E-state index in [2.05, 4.69) is 13.8 Å². The molecule has 1 spiro atoms. The molecule has 0 aromatic rings. The Kier molecular flexibility index (Phi) is 4.37. The maximum absolute atomic E-state index is 13.0. The molecule has 8 atom stereocenters. The molecule has 3 saturated carbocycles. The van der Waals surface area contributed by atoms with E-state index in [1.807, 2.05) is 0 Å². The van der Waals surface area contributed by atoms with Gasteiger partial charge in [-0.3, -0.25) is 14.4 Å². The molecule has 31 heavy (non-hydrogen) atoms. The molecule has 0 aromatic carbocycles. The second-order valence-corrected chi connectivity index (χ2v) is 10.9. The summed E-state index contributed by atoms with van der Waals surface area (Å²) in [6.07, 6.45) is 5.35. The molecule has 4 fully saturated rings. The minimum Gasteiger partial charge on any atom is -0.481 e. The zero-order valence-corrected chi connectivity index (χ0v) is 18.5. The molecule has 1 saturated heterocycles. The fraction of sp³-hybridized carbons (Fsp3) is 0.792. The summed E-state index contributed by atoms with van der Waals surface area (Å²) in [5, 5.41) is 20.9. The fourth-order valence-corrected chi connectivity index (χ4v) is 8.22. The lowest BCUT2D eigenvalue weighted by Crippen LogP contribution is -2.63. The Balaban J connectivity index is 1.59. The Labute approximate surface area is 182 Å². The Morgan fingerprint density at radius 2 is 2.03 bits per heavy atom. The first-order valence-corrected chi connectivity index (χ1v) is 11.5. The predicted octanol–water partition coefficient (Wildman–Crippen LogP) is 2.64. The van der Waals surface area contributed by atoms with Crippen molar-refractivity contribution in [2.45, 2.75) is 82.5 Å². The molecule has 5 aliphatic rings. The Hall–Kier alpha value is -1.73. The minimum absolute atomic E-state index is 0.0325. The van der Waals surface area contributed by atoms with Crippen LogP contribution in [-0.4, -0.2) is 52.4 Å². The number of epoxide rings is 1. The smallest absolute Gasteiger partial charge is 0.309 e. The highest BCUT2D eigenvalue weighted by molar-refractivity contribution is 5.92. The van der Waals surface area contributed by atoms with Crippen molar-refractivity contribution in [1.29, 1.82) is 0 Å². The largest absolute Gasteiger partial charge is 0.481 e. The van der Waals surface area contributed by atoms with Crippen LogP contribution in [0, 0.1) is 28.6 Å². The SMILES string of the molecule is COC(=O)C1CC2=CC(=O)CC[C@]2(C)[C@@]23O[C@@H]2C[C@@]2(C)[C@@H](CC[C@]2(O)CCC(=O)O)[C@H]13. The number of hydrogen-bond acceptors (Lipinski definition) is 6. The average Bonchev–Trinajstić information content (AvgIpc) is 3.38. The van der Waals surface area contributed by atoms with E-state index < -0.39 is 28.5 Å². The Morgan fingerprint density at radius 3 is 2.71 bits per heavy atom. The molecule has 0 amide bonds. The van der Waals surface area contributed by atoms with Crippen LogP contribution in [0.1, 0.15) is 65.2 Å². The average molecular weight is 433 g/mol. The number of fused-ring (bicyclic) bond motifs is 3. The molecule has 7 heteroatoms. The van der Waals surface area contributed by atoms with Crippen molar-refractivity contribution in [3.63, 3.8) is 0 Å². The lowest BCUT2D eigenvalue weighted by atomic mass is 9.43. The summed E-state index contributed by atoms with van der Waals surface area (Å²) >= 11 is 0. The topological polar surface area (TPSA) is 113 Å². The molecule has 1 unspecified atom stereocenters. The van der Waals surface area contributed by atoms with E-state index in [1.165, 1.54) is 7.11 Å². The first kappa shape index (κ1) is 21.1. The third-order valence-corrected chi connectivity index (χ3v) is 9.95. The van der Waals surface area contributed by atoms with Crippen molar-refractivity contribution in [3.05, 3.63) is 11.6 Å². The number of carbonyl (C=O) groups excluding carboxylic acids is 2. The van der Waals surface area contributed by atoms with Crippen molar-refractivity contribution < 1.29 is 34.1 Å². The minimum atomic E-state index is -1.09. The highest BCUT2D eigenvalue weighted by atomic mass is 16.6. The molecule has 0 bridgehead atoms. The van der Waals surface area contributed by atoms with Gasteiger partial charge in [-0.1, -0.05) is 19.4 Å². The first-order valence-electron chi connectivity index (χ1n) is 11.5. The third-order valence-electron chi connectivity index (χ3n) is 9.95. The van der Waals surface area contributed by atoms with Crippen molar-refractivity contribution in [3.8, 4) is 0 Å². The van der Waals surface area contributed by atoms with Gasteiger partial charge < -0.3 is 19.7 Å². The first-order chi connectivity index (χ1) is 14.5. The van der Waals surface area contributed by atoms with Crippen molar-refractivity contribution >= 4 is 17.7 Å². The van der Waals surface area contributed by atoms with Crippen molar-refractivity contribution in [2.24, 2.45) is 28.6 Å². The number of aliphatic hydroxyl groups is 1. The molecular weight excluding hydrogens is 400 g/mol. The number of aliphatic carboxylic acids is 1. The summed E-state index contributed by atoms with van der Waals surface area (Å²) in [5.41, 5.74) is -1.43. The maximum atomic E-state index is 13.0. The monoisotopic (exact) mass is 432 g/mol. The van der Waals surface area contributed by atoms with Gasteiger partial charge in [-0.15, -0.1) is 0 Å². The van der Waals surface area contributed by atoms with E-state index in [1.54, 1.807) is 6.08 Å². The normalized spacial score (nSPS) is 49.8. The van der Waals surface area contributed by atoms with E-state index in [0.717, 1.165) is 12.0 Å². The molecule has 1 heterocycles. The second kappa shape index (κ2) is 6.41. The van der Waals surface area contributed by atoms with Crippen LogP contribution < -0.4 is 0 Å². The molecule has 7 nitrogen and oxygen atoms in total. The van der Waals surface area contributed by atoms with Gasteiger partial charge in [-0.25, -0.2) is 0 Å². The van der Waals surface area contributed by atoms with E-state index >= 15 is 0 Å². The number of carbonyl (C=O) groups is 3. The molecule has 4 aliphatic carbocycles. The number of hydrogen-bond donors (Lipinski definition) is 2. The maximum Gasteiger partial charge on any atom is 0.309 e. The Morgan fingerprint density at radius 1 is 1.29 bits per heavy atom. The van der Waals surface area contributed by atoms with Crippen molar-refractivity contribution in [1.82, 2.24) is 0 Å². The van der Waals surface area contributed by atoms with Crippen LogP contribution in [0.4, 0.5) is 0 Å². The van der Waals surface area contributed by atoms with Crippen molar-refractivity contribution in [2.75, 3.05) is 7.11 Å². The number of ketones is 1. The van der Waals surface area contributed by atoms with E-state index in [4.69, 9.17) is 9.47 Å². The standard InChI is InChI=1S/C24H32O7/c1-21-7-4-14(25)10-13(21)11-15(20(28)30-3)19-16-5-8-23(29,9-6-18(26)27)22(16,2)12-17-24(19,21)31-17/h10,15-17,19,29H,4-9,11-12H2,1-3H3,(H,26,27)/t15?,16-,17+,19-,21-,22-,23-,24+/m0/s1. The summed E-state index contributed by atoms with van der Waals surface area (Å²) in [4.78, 5) is 36.4. The molecule has 0 aromatic heterocycles. The molecular formula is C24H32O7. The zero-order chi connectivity index (χ0) is 22.4. The van der Waals surface area contributed by atoms with E-state index in [9.17, 15) is 24.6 Å². The fourth-order valence-electron chi connectivity index (χ4n) is 8.22. The highest BCUT2D eigenvalue weighted by Crippen LogP contribution is 2.77. The van der Waals surface area contributed by atoms with Gasteiger partial charge in [-0.2, -0.15) is 0 Å². The van der Waals surface area contributed by atoms with Gasteiger partial charge >= 0.3 is 11.9 Å². The number of carboxylic acids is 1. The van der Waals surface area contributed by atoms with Gasteiger partial charge in [0.25, 0.3) is 0 Å². The van der Waals surface area contributed by atoms with Crippen LogP contribution in [0.3, 0.4) is 0 Å². The zero-order valence-electron chi connectivity index (χ0n) is 18.5. The van der Waals surface area contributed by atoms with Gasteiger partial charge in [0, 0.05) is 29.6 Å². The van der Waals surface area contributed by atoms with Crippen LogP contribution in [0.25, 0.3) is 0 Å². The molecule has 2 N–H and O–H groups in total. The summed E-state index contributed by atoms with van der Waals surface area (Å²) in [7, 11) is 1.40. The number of rotatable bonds is 4. The summed E-state index contributed by atoms with van der Waals surface area (Å²) in [5.74, 6) is -1.60. The van der Waals surface area contributed by atoms with Gasteiger partial charge in [0.05, 0.1) is 24.7 Å². The van der Waals surface area contributed by atoms with Crippen LogP contribution in [0.15, 0.2) is 11.6 Å². The third kappa shape index (κ3) is 2.50. The van der Waals surface area contributed by atoms with Gasteiger partial charge in [0.1, 0.15) is 5.60 Å². The summed E-state index contributed by atoms with van der Waals surface area (Å²) in [6, 6.07) is 0. The predicted molar refractivity (Wildman–Crippen MR) is 109 cm³/mol. The number of methoxy groups -OCH3 is 1. The van der Waals surface area contributed by atoms with Crippen LogP contribution >= 0.6 is 0 Å². The van der Waals surface area contributed by atoms with Gasteiger partial charge in [-0.05, 0) is 50.5 Å².